The molecule has 0 saturated heterocycles. The molecule has 0 aliphatic rings. The minimum atomic E-state index is 0.0938. The molecule has 0 amide bonds. The molecule has 6 nitrogen and oxygen atoms in total. The zero-order chi connectivity index (χ0) is 15.2. The number of rotatable bonds is 10. The molecule has 0 radical (unpaired) electrons. The van der Waals surface area contributed by atoms with Crippen LogP contribution in [0.1, 0.15) is 44.9 Å². The van der Waals surface area contributed by atoms with Gasteiger partial charge in [0, 0.05) is 39.6 Å². The van der Waals surface area contributed by atoms with Gasteiger partial charge in [-0.1, -0.05) is 12.8 Å². The third-order valence-electron chi connectivity index (χ3n) is 1.95. The quantitative estimate of drug-likeness (QED) is 0.305. The van der Waals surface area contributed by atoms with Crippen LogP contribution >= 0.6 is 0 Å². The Morgan fingerprint density at radius 2 is 0.474 bits per heavy atom. The zero-order valence-electron chi connectivity index (χ0n) is 11.9. The molecule has 0 bridgehead atoms. The van der Waals surface area contributed by atoms with Crippen LogP contribution < -0.4 is 0 Å². The summed E-state index contributed by atoms with van der Waals surface area (Å²) in [6.45, 7) is 1.14. The number of hydrogen-bond acceptors (Lipinski definition) is 6. The van der Waals surface area contributed by atoms with Gasteiger partial charge in [0.05, 0.1) is 0 Å². The Hall–Kier alpha value is -0.240. The first-order valence-corrected chi connectivity index (χ1v) is 6.90. The van der Waals surface area contributed by atoms with Crippen LogP contribution in [0.25, 0.3) is 0 Å². The van der Waals surface area contributed by atoms with Crippen LogP contribution in [0.15, 0.2) is 0 Å². The third kappa shape index (κ3) is 46.3. The van der Waals surface area contributed by atoms with Gasteiger partial charge in [0.1, 0.15) is 0 Å². The topological polar surface area (TPSA) is 121 Å². The summed E-state index contributed by atoms with van der Waals surface area (Å²) in [6.07, 6.45) is 5.76. The fourth-order valence-electron chi connectivity index (χ4n) is 0.871. The lowest BCUT2D eigenvalue weighted by atomic mass is 10.2. The van der Waals surface area contributed by atoms with E-state index < -0.39 is 0 Å². The average Bonchev–Trinajstić information content (AvgIpc) is 2.44. The first-order valence-electron chi connectivity index (χ1n) is 6.90. The molecular formula is C13H32O6. The van der Waals surface area contributed by atoms with Crippen LogP contribution in [0.4, 0.5) is 0 Å². The van der Waals surface area contributed by atoms with Crippen molar-refractivity contribution in [3.63, 3.8) is 0 Å². The Balaban J connectivity index is -0.000000209. The number of hydrogen-bond donors (Lipinski definition) is 6. The summed E-state index contributed by atoms with van der Waals surface area (Å²) < 4.78 is 0. The van der Waals surface area contributed by atoms with Crippen molar-refractivity contribution < 1.29 is 30.6 Å². The van der Waals surface area contributed by atoms with Gasteiger partial charge in [0.2, 0.25) is 0 Å². The van der Waals surface area contributed by atoms with Crippen LogP contribution in [0.5, 0.6) is 0 Å². The summed E-state index contributed by atoms with van der Waals surface area (Å²) in [6, 6.07) is 0. The van der Waals surface area contributed by atoms with E-state index in [1.807, 2.05) is 0 Å². The molecule has 0 aliphatic carbocycles. The van der Waals surface area contributed by atoms with Gasteiger partial charge in [0.15, 0.2) is 0 Å². The summed E-state index contributed by atoms with van der Waals surface area (Å²) in [4.78, 5) is 0. The van der Waals surface area contributed by atoms with Gasteiger partial charge in [-0.2, -0.15) is 0 Å². The predicted octanol–water partition coefficient (Wildman–Crippen LogP) is -0.356. The second kappa shape index (κ2) is 30.6. The molecule has 0 aromatic carbocycles. The maximum atomic E-state index is 8.30. The van der Waals surface area contributed by atoms with Crippen molar-refractivity contribution in [1.29, 1.82) is 0 Å². The Kier molecular flexibility index (Phi) is 38.4. The normalized spacial score (nSPS) is 9.16. The summed E-state index contributed by atoms with van der Waals surface area (Å²) in [5, 5.41) is 48.6. The molecule has 0 aliphatic heterocycles. The van der Waals surface area contributed by atoms with Gasteiger partial charge in [0.25, 0.3) is 0 Å². The lowest BCUT2D eigenvalue weighted by molar-refractivity contribution is 0.221. The van der Waals surface area contributed by atoms with E-state index in [1.165, 1.54) is 0 Å². The number of aliphatic hydroxyl groups is 6. The van der Waals surface area contributed by atoms with Crippen LogP contribution in [0.2, 0.25) is 0 Å². The predicted molar refractivity (Wildman–Crippen MR) is 74.8 cm³/mol. The molecular weight excluding hydrogens is 252 g/mol. The van der Waals surface area contributed by atoms with Crippen molar-refractivity contribution in [2.24, 2.45) is 0 Å². The van der Waals surface area contributed by atoms with Crippen molar-refractivity contribution in [1.82, 2.24) is 0 Å². The van der Waals surface area contributed by atoms with Gasteiger partial charge in [-0.25, -0.2) is 0 Å². The molecule has 0 aromatic rings. The van der Waals surface area contributed by atoms with E-state index in [4.69, 9.17) is 30.6 Å². The molecule has 0 saturated carbocycles. The number of unbranched alkanes of at least 4 members (excludes halogenated alkanes) is 4. The smallest absolute Gasteiger partial charge is 0.0452 e. The van der Waals surface area contributed by atoms with Crippen molar-refractivity contribution in [3.05, 3.63) is 0 Å². The Morgan fingerprint density at radius 3 is 0.632 bits per heavy atom. The van der Waals surface area contributed by atoms with Crippen molar-refractivity contribution in [2.45, 2.75) is 44.9 Å². The van der Waals surface area contributed by atoms with Crippen LogP contribution in [0.3, 0.4) is 0 Å². The molecule has 0 heterocycles. The first kappa shape index (κ1) is 23.8. The summed E-state index contributed by atoms with van der Waals surface area (Å²) in [5.74, 6) is 0. The van der Waals surface area contributed by atoms with Crippen molar-refractivity contribution >= 4 is 0 Å². The minimum Gasteiger partial charge on any atom is -0.396 e. The molecule has 6 heteroatoms. The second-order valence-electron chi connectivity index (χ2n) is 3.82. The van der Waals surface area contributed by atoms with Gasteiger partial charge in [-0.05, 0) is 32.1 Å². The molecule has 0 spiro atoms. The fourth-order valence-corrected chi connectivity index (χ4v) is 0.871. The number of aliphatic hydroxyl groups excluding tert-OH is 6. The zero-order valence-corrected chi connectivity index (χ0v) is 11.9. The minimum absolute atomic E-state index is 0.0938. The standard InChI is InChI=1S/C6H14O2.C4H10O2.C3H8O2/c7-5-3-1-2-4-6-8;5-3-1-2-4-6;4-2-1-3-5/h7-8H,1-6H2;5-6H,1-4H2;4-5H,1-3H2. The highest BCUT2D eigenvalue weighted by molar-refractivity contribution is 4.39. The molecule has 0 atom stereocenters. The van der Waals surface area contributed by atoms with Gasteiger partial charge in [-0.3, -0.25) is 0 Å². The highest BCUT2D eigenvalue weighted by Crippen LogP contribution is 1.96. The Bertz CT molecular complexity index is 101. The Morgan fingerprint density at radius 1 is 0.263 bits per heavy atom. The lowest BCUT2D eigenvalue weighted by Gasteiger charge is -1.93. The van der Waals surface area contributed by atoms with Crippen molar-refractivity contribution in [2.75, 3.05) is 39.6 Å². The van der Waals surface area contributed by atoms with Crippen LogP contribution in [-0.2, 0) is 0 Å². The summed E-state index contributed by atoms with van der Waals surface area (Å²) in [7, 11) is 0. The maximum absolute atomic E-state index is 8.30. The van der Waals surface area contributed by atoms with Gasteiger partial charge >= 0.3 is 0 Å². The van der Waals surface area contributed by atoms with E-state index in [1.54, 1.807) is 0 Å². The van der Waals surface area contributed by atoms with Gasteiger partial charge < -0.3 is 30.6 Å². The van der Waals surface area contributed by atoms with E-state index >= 15 is 0 Å². The molecule has 0 unspecified atom stereocenters. The van der Waals surface area contributed by atoms with E-state index in [0.29, 0.717) is 6.42 Å². The van der Waals surface area contributed by atoms with Crippen molar-refractivity contribution in [3.8, 4) is 0 Å². The Labute approximate surface area is 116 Å². The largest absolute Gasteiger partial charge is 0.396 e. The highest BCUT2D eigenvalue weighted by Gasteiger charge is 1.84. The van der Waals surface area contributed by atoms with E-state index in [0.717, 1.165) is 38.5 Å². The van der Waals surface area contributed by atoms with E-state index in [2.05, 4.69) is 0 Å². The molecule has 120 valence electrons. The summed E-state index contributed by atoms with van der Waals surface area (Å²) >= 11 is 0. The molecule has 0 fully saturated rings. The highest BCUT2D eigenvalue weighted by atomic mass is 16.3. The average molecular weight is 284 g/mol. The molecule has 0 rings (SSSR count). The van der Waals surface area contributed by atoms with E-state index in [9.17, 15) is 0 Å². The second-order valence-corrected chi connectivity index (χ2v) is 3.82. The summed E-state index contributed by atoms with van der Waals surface area (Å²) in [5.41, 5.74) is 0. The van der Waals surface area contributed by atoms with Crippen LogP contribution in [-0.4, -0.2) is 70.3 Å². The van der Waals surface area contributed by atoms with Gasteiger partial charge in [-0.15, -0.1) is 0 Å². The van der Waals surface area contributed by atoms with Crippen LogP contribution in [0, 0.1) is 0 Å². The SMILES string of the molecule is OCCCCCCO.OCCCCO.OCCCO. The first-order chi connectivity index (χ1) is 9.24. The monoisotopic (exact) mass is 284 g/mol. The lowest BCUT2D eigenvalue weighted by Crippen LogP contribution is -1.85. The fraction of sp³-hybridized carbons (Fsp3) is 1.00. The van der Waals surface area contributed by atoms with E-state index in [-0.39, 0.29) is 39.6 Å². The molecule has 0 aromatic heterocycles. The molecule has 6 N–H and O–H groups in total. The maximum Gasteiger partial charge on any atom is 0.0452 e. The molecule has 19 heavy (non-hydrogen) atoms. The third-order valence-corrected chi connectivity index (χ3v) is 1.95.